The molecule has 6 nitrogen and oxygen atoms in total. The van der Waals surface area contributed by atoms with Gasteiger partial charge in [0.15, 0.2) is 10.8 Å². The van der Waals surface area contributed by atoms with Gasteiger partial charge in [-0.2, -0.15) is 10.5 Å². The first-order valence-corrected chi connectivity index (χ1v) is 5.66. The SMILES string of the molecule is CC[C@@H]1[C@]2(C#N)C(N)=[NH+]C3(OCCO3)[C@]12C#N. The highest BCUT2D eigenvalue weighted by atomic mass is 16.8. The van der Waals surface area contributed by atoms with Crippen molar-refractivity contribution in [3.8, 4) is 12.1 Å². The summed E-state index contributed by atoms with van der Waals surface area (Å²) in [5.74, 6) is -1.05. The summed E-state index contributed by atoms with van der Waals surface area (Å²) in [6.07, 6.45) is 0.692. The molecule has 0 radical (unpaired) electrons. The van der Waals surface area contributed by atoms with Crippen LogP contribution in [0.4, 0.5) is 0 Å². The fourth-order valence-corrected chi connectivity index (χ4v) is 3.61. The van der Waals surface area contributed by atoms with Gasteiger partial charge in [0.25, 0.3) is 5.84 Å². The van der Waals surface area contributed by atoms with Crippen LogP contribution in [0.2, 0.25) is 0 Å². The van der Waals surface area contributed by atoms with Crippen LogP contribution in [0.15, 0.2) is 0 Å². The third kappa shape index (κ3) is 0.744. The van der Waals surface area contributed by atoms with Crippen LogP contribution in [0.25, 0.3) is 0 Å². The highest BCUT2D eigenvalue weighted by molar-refractivity contribution is 5.93. The number of nitrogens with zero attached hydrogens (tertiary/aromatic N) is 2. The molecule has 3 aliphatic rings. The van der Waals surface area contributed by atoms with Crippen LogP contribution in [-0.2, 0) is 9.47 Å². The Bertz CT molecular complexity index is 497. The zero-order chi connectivity index (χ0) is 12.3. The molecule has 0 bridgehead atoms. The van der Waals surface area contributed by atoms with Gasteiger partial charge in [-0.3, -0.25) is 5.73 Å². The lowest BCUT2D eigenvalue weighted by Crippen LogP contribution is -2.90. The quantitative estimate of drug-likeness (QED) is 0.555. The Kier molecular flexibility index (Phi) is 1.72. The third-order valence-corrected chi connectivity index (χ3v) is 4.28. The topological polar surface area (TPSA) is 106 Å². The van der Waals surface area contributed by atoms with Crippen LogP contribution < -0.4 is 10.7 Å². The van der Waals surface area contributed by atoms with E-state index >= 15 is 0 Å². The van der Waals surface area contributed by atoms with Crippen molar-refractivity contribution in [3.05, 3.63) is 0 Å². The number of nitriles is 2. The first-order valence-electron chi connectivity index (χ1n) is 5.66. The number of nitrogens with one attached hydrogen (secondary N) is 1. The first kappa shape index (κ1) is 10.5. The summed E-state index contributed by atoms with van der Waals surface area (Å²) < 4.78 is 11.1. The minimum atomic E-state index is -1.22. The molecule has 2 fully saturated rings. The minimum absolute atomic E-state index is 0.135. The molecule has 1 saturated carbocycles. The summed E-state index contributed by atoms with van der Waals surface area (Å²) in [4.78, 5) is 2.88. The maximum absolute atomic E-state index is 9.54. The monoisotopic (exact) mass is 233 g/mol. The molecule has 2 heterocycles. The molecule has 0 aromatic rings. The van der Waals surface area contributed by atoms with E-state index in [4.69, 9.17) is 15.2 Å². The number of fused-ring (bicyclic) bond motifs is 2. The highest BCUT2D eigenvalue weighted by Gasteiger charge is 2.96. The molecule has 3 rings (SSSR count). The number of hydrogen-bond acceptors (Lipinski definition) is 5. The summed E-state index contributed by atoms with van der Waals surface area (Å²) in [5, 5.41) is 19.0. The molecule has 2 aliphatic heterocycles. The second kappa shape index (κ2) is 2.79. The third-order valence-electron chi connectivity index (χ3n) is 4.28. The van der Waals surface area contributed by atoms with E-state index in [1.165, 1.54) is 0 Å². The average molecular weight is 233 g/mol. The molecule has 0 amide bonds. The predicted octanol–water partition coefficient (Wildman–Crippen LogP) is -1.80. The molecule has 3 N–H and O–H groups in total. The van der Waals surface area contributed by atoms with Gasteiger partial charge in [0, 0.05) is 5.92 Å². The fourth-order valence-electron chi connectivity index (χ4n) is 3.61. The van der Waals surface area contributed by atoms with Crippen molar-refractivity contribution < 1.29 is 14.5 Å². The van der Waals surface area contributed by atoms with Crippen LogP contribution in [0.3, 0.4) is 0 Å². The molecule has 6 heteroatoms. The molecule has 17 heavy (non-hydrogen) atoms. The Morgan fingerprint density at radius 1 is 1.41 bits per heavy atom. The number of rotatable bonds is 1. The number of nitrogens with two attached hydrogens (primary N) is 1. The molecule has 0 unspecified atom stereocenters. The number of ether oxygens (including phenoxy) is 2. The van der Waals surface area contributed by atoms with E-state index in [-0.39, 0.29) is 5.92 Å². The van der Waals surface area contributed by atoms with E-state index in [0.29, 0.717) is 25.5 Å². The van der Waals surface area contributed by atoms with Gasteiger partial charge in [-0.25, -0.2) is 4.99 Å². The van der Waals surface area contributed by atoms with E-state index < -0.39 is 16.7 Å². The van der Waals surface area contributed by atoms with Gasteiger partial charge >= 0.3 is 5.91 Å². The Balaban J connectivity index is 2.20. The molecule has 1 spiro atoms. The van der Waals surface area contributed by atoms with Crippen LogP contribution >= 0.6 is 0 Å². The van der Waals surface area contributed by atoms with Gasteiger partial charge in [0.2, 0.25) is 0 Å². The zero-order valence-corrected chi connectivity index (χ0v) is 9.49. The van der Waals surface area contributed by atoms with Crippen molar-refractivity contribution in [2.24, 2.45) is 22.5 Å². The van der Waals surface area contributed by atoms with E-state index in [1.54, 1.807) is 0 Å². The van der Waals surface area contributed by atoms with E-state index in [2.05, 4.69) is 17.1 Å². The summed E-state index contributed by atoms with van der Waals surface area (Å²) in [7, 11) is 0. The van der Waals surface area contributed by atoms with Crippen molar-refractivity contribution in [2.75, 3.05) is 13.2 Å². The second-order valence-corrected chi connectivity index (χ2v) is 4.65. The summed E-state index contributed by atoms with van der Waals surface area (Å²) in [6.45, 7) is 2.75. The van der Waals surface area contributed by atoms with Crippen molar-refractivity contribution in [2.45, 2.75) is 19.3 Å². The van der Waals surface area contributed by atoms with Gasteiger partial charge in [-0.15, -0.1) is 0 Å². The molecule has 3 atom stereocenters. The maximum Gasteiger partial charge on any atom is 0.343 e. The number of amidine groups is 1. The summed E-state index contributed by atoms with van der Waals surface area (Å²) in [5.41, 5.74) is 3.94. The Hall–Kier alpha value is -1.63. The molecule has 0 aromatic heterocycles. The number of hydrogen-bond donors (Lipinski definition) is 2. The van der Waals surface area contributed by atoms with Gasteiger partial charge in [-0.05, 0) is 6.42 Å². The second-order valence-electron chi connectivity index (χ2n) is 4.65. The summed E-state index contributed by atoms with van der Waals surface area (Å²) in [6, 6.07) is 4.44. The Morgan fingerprint density at radius 3 is 2.47 bits per heavy atom. The lowest BCUT2D eigenvalue weighted by Gasteiger charge is -2.22. The standard InChI is InChI=1S/C11H12N4O2/c1-2-7-9(5-12)8(14)15-11(10(7,9)6-13)16-3-4-17-11/h7H,2-4H2,1H3,(H2,14,15)/p+1/t7-,9-,10-/m1/s1. The lowest BCUT2D eigenvalue weighted by atomic mass is 9.94. The van der Waals surface area contributed by atoms with Crippen LogP contribution in [-0.4, -0.2) is 25.0 Å². The fraction of sp³-hybridized carbons (Fsp3) is 0.727. The predicted molar refractivity (Wildman–Crippen MR) is 54.7 cm³/mol. The van der Waals surface area contributed by atoms with Crippen molar-refractivity contribution in [3.63, 3.8) is 0 Å². The molecule has 1 saturated heterocycles. The summed E-state index contributed by atoms with van der Waals surface area (Å²) >= 11 is 0. The van der Waals surface area contributed by atoms with Gasteiger partial charge in [0.1, 0.15) is 0 Å². The van der Waals surface area contributed by atoms with Crippen molar-refractivity contribution in [1.82, 2.24) is 0 Å². The molecule has 0 aromatic carbocycles. The Morgan fingerprint density at radius 2 is 2.06 bits per heavy atom. The van der Waals surface area contributed by atoms with Gasteiger partial charge in [-0.1, -0.05) is 6.92 Å². The van der Waals surface area contributed by atoms with E-state index in [0.717, 1.165) is 0 Å². The highest BCUT2D eigenvalue weighted by Crippen LogP contribution is 2.75. The zero-order valence-electron chi connectivity index (χ0n) is 9.49. The lowest BCUT2D eigenvalue weighted by molar-refractivity contribution is -0.677. The van der Waals surface area contributed by atoms with Gasteiger partial charge in [0.05, 0.1) is 25.4 Å². The Labute approximate surface area is 98.6 Å². The van der Waals surface area contributed by atoms with Gasteiger partial charge < -0.3 is 9.47 Å². The normalized spacial score (nSPS) is 44.9. The van der Waals surface area contributed by atoms with Crippen LogP contribution in [0, 0.1) is 39.4 Å². The molecular formula is C11H13N4O2+. The molecule has 88 valence electrons. The molecular weight excluding hydrogens is 220 g/mol. The van der Waals surface area contributed by atoms with E-state index in [9.17, 15) is 10.5 Å². The van der Waals surface area contributed by atoms with Crippen molar-refractivity contribution in [1.29, 1.82) is 10.5 Å². The average Bonchev–Trinajstić information content (AvgIpc) is 2.59. The minimum Gasteiger partial charge on any atom is -0.311 e. The smallest absolute Gasteiger partial charge is 0.311 e. The maximum atomic E-state index is 9.54. The van der Waals surface area contributed by atoms with Crippen LogP contribution in [0.1, 0.15) is 13.3 Å². The van der Waals surface area contributed by atoms with E-state index in [1.807, 2.05) is 6.92 Å². The van der Waals surface area contributed by atoms with Crippen LogP contribution in [0.5, 0.6) is 0 Å². The first-order chi connectivity index (χ1) is 8.15. The van der Waals surface area contributed by atoms with Crippen molar-refractivity contribution >= 4 is 5.84 Å². The molecule has 1 aliphatic carbocycles. The largest absolute Gasteiger partial charge is 0.343 e.